The van der Waals surface area contributed by atoms with E-state index in [4.69, 9.17) is 4.74 Å². The fourth-order valence-corrected chi connectivity index (χ4v) is 5.43. The van der Waals surface area contributed by atoms with Gasteiger partial charge in [0.25, 0.3) is 5.56 Å². The summed E-state index contributed by atoms with van der Waals surface area (Å²) in [7, 11) is 0. The van der Waals surface area contributed by atoms with Crippen molar-refractivity contribution in [3.05, 3.63) is 56.4 Å². The molecule has 166 valence electrons. The second kappa shape index (κ2) is 9.25. The van der Waals surface area contributed by atoms with Crippen LogP contribution in [0.15, 0.2) is 34.2 Å². The van der Waals surface area contributed by atoms with Crippen molar-refractivity contribution in [3.8, 4) is 11.4 Å². The molecule has 3 aromatic heterocycles. The molecule has 10 heteroatoms. The van der Waals surface area contributed by atoms with E-state index in [9.17, 15) is 9.59 Å². The molecule has 0 bridgehead atoms. The number of aryl methyl sites for hydroxylation is 2. The molecule has 0 saturated carbocycles. The van der Waals surface area contributed by atoms with Crippen LogP contribution >= 0.6 is 23.1 Å². The number of aromatic amines is 1. The van der Waals surface area contributed by atoms with Gasteiger partial charge in [0.2, 0.25) is 0 Å². The van der Waals surface area contributed by atoms with Gasteiger partial charge in [-0.05, 0) is 39.3 Å². The number of hydrogen-bond donors (Lipinski definition) is 1. The Labute approximate surface area is 193 Å². The van der Waals surface area contributed by atoms with E-state index in [0.29, 0.717) is 38.8 Å². The smallest absolute Gasteiger partial charge is 0.348 e. The van der Waals surface area contributed by atoms with Gasteiger partial charge in [0.15, 0.2) is 11.0 Å². The standard InChI is InChI=1S/C22H23N5O3S2/c1-5-27-18(14-9-7-8-12(3)10-14)25-26-22(27)31-11-15-23-19(28)16-13(4)17(21(29)30-6-2)32-20(16)24-15/h7-10H,5-6,11H2,1-4H3,(H,23,24,28). The molecule has 32 heavy (non-hydrogen) atoms. The molecule has 3 heterocycles. The summed E-state index contributed by atoms with van der Waals surface area (Å²) < 4.78 is 7.14. The molecule has 0 aliphatic heterocycles. The van der Waals surface area contributed by atoms with E-state index < -0.39 is 5.97 Å². The summed E-state index contributed by atoms with van der Waals surface area (Å²) in [6, 6.07) is 8.15. The molecule has 1 N–H and O–H groups in total. The van der Waals surface area contributed by atoms with Crippen molar-refractivity contribution in [2.75, 3.05) is 6.61 Å². The van der Waals surface area contributed by atoms with E-state index in [1.807, 2.05) is 36.6 Å². The number of fused-ring (bicyclic) bond motifs is 1. The lowest BCUT2D eigenvalue weighted by Crippen LogP contribution is -2.11. The Morgan fingerprint density at radius 3 is 2.78 bits per heavy atom. The molecule has 0 saturated heterocycles. The molecule has 0 fully saturated rings. The van der Waals surface area contributed by atoms with Crippen LogP contribution < -0.4 is 5.56 Å². The minimum absolute atomic E-state index is 0.257. The molecule has 0 atom stereocenters. The van der Waals surface area contributed by atoms with Crippen molar-refractivity contribution in [1.29, 1.82) is 0 Å². The molecule has 0 amide bonds. The lowest BCUT2D eigenvalue weighted by Gasteiger charge is -2.07. The van der Waals surface area contributed by atoms with Crippen molar-refractivity contribution in [2.24, 2.45) is 0 Å². The first-order valence-electron chi connectivity index (χ1n) is 10.2. The van der Waals surface area contributed by atoms with Crippen molar-refractivity contribution in [3.63, 3.8) is 0 Å². The number of carbonyl (C=O) groups excluding carboxylic acids is 1. The summed E-state index contributed by atoms with van der Waals surface area (Å²) in [5, 5.41) is 9.92. The Morgan fingerprint density at radius 1 is 1.25 bits per heavy atom. The van der Waals surface area contributed by atoms with Crippen LogP contribution in [0, 0.1) is 13.8 Å². The summed E-state index contributed by atoms with van der Waals surface area (Å²) in [5.74, 6) is 1.32. The van der Waals surface area contributed by atoms with Gasteiger partial charge >= 0.3 is 5.97 Å². The Balaban J connectivity index is 1.61. The number of ether oxygens (including phenoxy) is 1. The molecule has 0 aliphatic carbocycles. The number of thioether (sulfide) groups is 1. The first-order chi connectivity index (χ1) is 15.4. The number of hydrogen-bond acceptors (Lipinski definition) is 8. The lowest BCUT2D eigenvalue weighted by atomic mass is 10.1. The zero-order valence-corrected chi connectivity index (χ0v) is 19.9. The molecule has 0 radical (unpaired) electrons. The minimum Gasteiger partial charge on any atom is -0.462 e. The number of aromatic nitrogens is 5. The van der Waals surface area contributed by atoms with Gasteiger partial charge in [0.1, 0.15) is 15.5 Å². The Morgan fingerprint density at radius 2 is 2.06 bits per heavy atom. The summed E-state index contributed by atoms with van der Waals surface area (Å²) in [4.78, 5) is 33.2. The molecule has 8 nitrogen and oxygen atoms in total. The summed E-state index contributed by atoms with van der Waals surface area (Å²) in [6.07, 6.45) is 0. The van der Waals surface area contributed by atoms with Crippen LogP contribution in [0.1, 0.15) is 40.5 Å². The highest BCUT2D eigenvalue weighted by Gasteiger charge is 2.20. The van der Waals surface area contributed by atoms with Gasteiger partial charge in [-0.1, -0.05) is 35.5 Å². The fraction of sp³-hybridized carbons (Fsp3) is 0.318. The van der Waals surface area contributed by atoms with Crippen molar-refractivity contribution in [1.82, 2.24) is 24.7 Å². The maximum absolute atomic E-state index is 12.7. The van der Waals surface area contributed by atoms with E-state index in [1.54, 1.807) is 13.8 Å². The number of H-pyrrole nitrogens is 1. The number of carbonyl (C=O) groups is 1. The van der Waals surface area contributed by atoms with Crippen LogP contribution in [0.25, 0.3) is 21.6 Å². The van der Waals surface area contributed by atoms with E-state index in [1.165, 1.54) is 23.1 Å². The molecular weight excluding hydrogens is 446 g/mol. The van der Waals surface area contributed by atoms with Gasteiger partial charge in [0, 0.05) is 12.1 Å². The molecule has 4 aromatic rings. The highest BCUT2D eigenvalue weighted by Crippen LogP contribution is 2.29. The third-order valence-electron chi connectivity index (χ3n) is 4.96. The van der Waals surface area contributed by atoms with Gasteiger partial charge in [-0.3, -0.25) is 4.79 Å². The van der Waals surface area contributed by atoms with Crippen LogP contribution in [0.5, 0.6) is 0 Å². The predicted octanol–water partition coefficient (Wildman–Crippen LogP) is 4.35. The van der Waals surface area contributed by atoms with Crippen molar-refractivity contribution in [2.45, 2.75) is 45.1 Å². The Bertz CT molecular complexity index is 1360. The topological polar surface area (TPSA) is 103 Å². The largest absolute Gasteiger partial charge is 0.462 e. The van der Waals surface area contributed by atoms with Gasteiger partial charge in [-0.25, -0.2) is 9.78 Å². The second-order valence-electron chi connectivity index (χ2n) is 7.18. The highest BCUT2D eigenvalue weighted by atomic mass is 32.2. The quantitative estimate of drug-likeness (QED) is 0.317. The van der Waals surface area contributed by atoms with Gasteiger partial charge < -0.3 is 14.3 Å². The number of benzene rings is 1. The monoisotopic (exact) mass is 469 g/mol. The number of nitrogens with zero attached hydrogens (tertiary/aromatic N) is 4. The average molecular weight is 470 g/mol. The number of thiophene rings is 1. The third kappa shape index (κ3) is 4.20. The summed E-state index contributed by atoms with van der Waals surface area (Å²) in [6.45, 7) is 8.58. The first-order valence-corrected chi connectivity index (χ1v) is 12.1. The maximum atomic E-state index is 12.7. The van der Waals surface area contributed by atoms with Crippen LogP contribution in [0.4, 0.5) is 0 Å². The number of rotatable bonds is 7. The highest BCUT2D eigenvalue weighted by molar-refractivity contribution is 7.98. The molecule has 1 aromatic carbocycles. The molecule has 0 unspecified atom stereocenters. The lowest BCUT2D eigenvalue weighted by molar-refractivity contribution is 0.0531. The van der Waals surface area contributed by atoms with Crippen LogP contribution in [0.2, 0.25) is 0 Å². The normalized spacial score (nSPS) is 11.2. The maximum Gasteiger partial charge on any atom is 0.348 e. The van der Waals surface area contributed by atoms with Crippen LogP contribution in [0.3, 0.4) is 0 Å². The number of nitrogens with one attached hydrogen (secondary N) is 1. The van der Waals surface area contributed by atoms with E-state index in [0.717, 1.165) is 22.1 Å². The van der Waals surface area contributed by atoms with Gasteiger partial charge in [-0.2, -0.15) is 0 Å². The predicted molar refractivity (Wildman–Crippen MR) is 126 cm³/mol. The van der Waals surface area contributed by atoms with E-state index in [2.05, 4.69) is 26.2 Å². The SMILES string of the molecule is CCOC(=O)c1sc2nc(CSc3nnc(-c4cccc(C)c4)n3CC)[nH]c(=O)c2c1C. The minimum atomic E-state index is -0.428. The zero-order chi connectivity index (χ0) is 22.8. The summed E-state index contributed by atoms with van der Waals surface area (Å²) >= 11 is 2.64. The van der Waals surface area contributed by atoms with Gasteiger partial charge in [0.05, 0.1) is 17.7 Å². The van der Waals surface area contributed by atoms with E-state index in [-0.39, 0.29) is 12.2 Å². The molecular formula is C22H23N5O3S2. The fourth-order valence-electron chi connectivity index (χ4n) is 3.46. The molecule has 0 aliphatic rings. The zero-order valence-electron chi connectivity index (χ0n) is 18.3. The van der Waals surface area contributed by atoms with Gasteiger partial charge in [-0.15, -0.1) is 21.5 Å². The van der Waals surface area contributed by atoms with E-state index >= 15 is 0 Å². The molecule has 4 rings (SSSR count). The summed E-state index contributed by atoms with van der Waals surface area (Å²) in [5.41, 5.74) is 2.52. The van der Waals surface area contributed by atoms with Crippen molar-refractivity contribution < 1.29 is 9.53 Å². The average Bonchev–Trinajstić information content (AvgIpc) is 3.33. The first kappa shape index (κ1) is 22.2. The number of esters is 1. The van der Waals surface area contributed by atoms with Crippen molar-refractivity contribution >= 4 is 39.3 Å². The Kier molecular flexibility index (Phi) is 6.43. The van der Waals surface area contributed by atoms with Crippen LogP contribution in [-0.4, -0.2) is 37.3 Å². The third-order valence-corrected chi connectivity index (χ3v) is 7.10. The second-order valence-corrected chi connectivity index (χ2v) is 9.12. The Hall–Kier alpha value is -2.98. The molecule has 0 spiro atoms. The van der Waals surface area contributed by atoms with Crippen LogP contribution in [-0.2, 0) is 17.0 Å².